The van der Waals surface area contributed by atoms with E-state index in [1.54, 1.807) is 0 Å². The van der Waals surface area contributed by atoms with Gasteiger partial charge in [0.25, 0.3) is 0 Å². The topological polar surface area (TPSA) is 37.3 Å². The van der Waals surface area contributed by atoms with Gasteiger partial charge in [0.1, 0.15) is 0 Å². The van der Waals surface area contributed by atoms with E-state index in [2.05, 4.69) is 123 Å². The highest BCUT2D eigenvalue weighted by molar-refractivity contribution is 6.26. The second kappa shape index (κ2) is 9.33. The lowest BCUT2D eigenvalue weighted by molar-refractivity contribution is 0.835. The van der Waals surface area contributed by atoms with Crippen molar-refractivity contribution in [2.24, 2.45) is 4.99 Å². The van der Waals surface area contributed by atoms with Crippen molar-refractivity contribution in [2.45, 2.75) is 39.5 Å². The molecule has 37 heavy (non-hydrogen) atoms. The number of para-hydroxylation sites is 2. The van der Waals surface area contributed by atoms with E-state index in [4.69, 9.17) is 4.99 Å². The van der Waals surface area contributed by atoms with Crippen molar-refractivity contribution in [3.63, 3.8) is 0 Å². The molecule has 0 radical (unpaired) electrons. The number of aliphatic imine (C=N–C) groups is 1. The Labute approximate surface area is 218 Å². The maximum Gasteiger partial charge on any atom is 0.0936 e. The van der Waals surface area contributed by atoms with Crippen molar-refractivity contribution in [3.8, 4) is 0 Å². The molecule has 0 saturated carbocycles. The van der Waals surface area contributed by atoms with Gasteiger partial charge >= 0.3 is 0 Å². The minimum Gasteiger partial charge on any atom is -0.353 e. The van der Waals surface area contributed by atoms with Crippen LogP contribution >= 0.6 is 0 Å². The molecule has 1 heterocycles. The van der Waals surface area contributed by atoms with Crippen LogP contribution in [0.2, 0.25) is 0 Å². The van der Waals surface area contributed by atoms with E-state index in [1.165, 1.54) is 27.5 Å². The third kappa shape index (κ3) is 4.11. The van der Waals surface area contributed by atoms with Crippen molar-refractivity contribution in [2.75, 3.05) is 5.32 Å². The lowest BCUT2D eigenvalue weighted by atomic mass is 9.89. The standard InChI is InChI=1S/C34H31N3/c1-21(2)26-13-7-14-27(22(3)4)34(26)37-29-19-17-24-10-5-9-23-16-18-28(32(29)31(23)24)36-30-15-6-11-25-12-8-20-35-33(25)30/h5-22,36H,1-4H3. The molecule has 5 aromatic rings. The average molecular weight is 482 g/mol. The molecule has 1 N–H and O–H groups in total. The zero-order valence-corrected chi connectivity index (χ0v) is 21.8. The summed E-state index contributed by atoms with van der Waals surface area (Å²) in [5.74, 6) is 0.765. The summed E-state index contributed by atoms with van der Waals surface area (Å²) < 4.78 is 0. The van der Waals surface area contributed by atoms with Gasteiger partial charge in [0, 0.05) is 28.2 Å². The van der Waals surface area contributed by atoms with Gasteiger partial charge < -0.3 is 5.32 Å². The summed E-state index contributed by atoms with van der Waals surface area (Å²) in [5.41, 5.74) is 9.99. The largest absolute Gasteiger partial charge is 0.353 e. The van der Waals surface area contributed by atoms with Crippen molar-refractivity contribution in [3.05, 3.63) is 113 Å². The van der Waals surface area contributed by atoms with Gasteiger partial charge in [-0.2, -0.15) is 0 Å². The molecule has 4 aromatic carbocycles. The van der Waals surface area contributed by atoms with Gasteiger partial charge in [-0.15, -0.1) is 0 Å². The number of hydrogen-bond donors (Lipinski definition) is 1. The molecule has 0 spiro atoms. The second-order valence-corrected chi connectivity index (χ2v) is 10.4. The van der Waals surface area contributed by atoms with Gasteiger partial charge in [-0.25, -0.2) is 4.99 Å². The van der Waals surface area contributed by atoms with E-state index in [0.29, 0.717) is 11.8 Å². The predicted molar refractivity (Wildman–Crippen MR) is 159 cm³/mol. The number of nitrogens with one attached hydrogen (secondary N) is 1. The lowest BCUT2D eigenvalue weighted by Crippen LogP contribution is -2.08. The molecule has 0 fully saturated rings. The first-order valence-corrected chi connectivity index (χ1v) is 13.1. The normalized spacial score (nSPS) is 13.8. The van der Waals surface area contributed by atoms with Gasteiger partial charge in [0.15, 0.2) is 0 Å². The molecule has 0 saturated heterocycles. The number of fused-ring (bicyclic) bond motifs is 1. The molecule has 1 aliphatic rings. The fourth-order valence-electron chi connectivity index (χ4n) is 5.37. The van der Waals surface area contributed by atoms with E-state index in [-0.39, 0.29) is 0 Å². The molecular weight excluding hydrogens is 450 g/mol. The highest BCUT2D eigenvalue weighted by Gasteiger charge is 2.21. The maximum atomic E-state index is 5.42. The van der Waals surface area contributed by atoms with Crippen LogP contribution in [0.25, 0.3) is 27.8 Å². The highest BCUT2D eigenvalue weighted by Crippen LogP contribution is 2.40. The first-order chi connectivity index (χ1) is 18.0. The van der Waals surface area contributed by atoms with Crippen molar-refractivity contribution >= 4 is 50.5 Å². The third-order valence-corrected chi connectivity index (χ3v) is 7.23. The Bertz CT molecular complexity index is 1670. The quantitative estimate of drug-likeness (QED) is 0.271. The van der Waals surface area contributed by atoms with Crippen LogP contribution in [0.3, 0.4) is 0 Å². The van der Waals surface area contributed by atoms with E-state index in [0.717, 1.165) is 39.2 Å². The number of allylic oxidation sites excluding steroid dienone is 1. The van der Waals surface area contributed by atoms with Gasteiger partial charge in [-0.3, -0.25) is 4.98 Å². The van der Waals surface area contributed by atoms with Crippen LogP contribution in [0.5, 0.6) is 0 Å². The Morgan fingerprint density at radius 3 is 2.16 bits per heavy atom. The Morgan fingerprint density at radius 1 is 0.676 bits per heavy atom. The van der Waals surface area contributed by atoms with Crippen LogP contribution in [0, 0.1) is 0 Å². The monoisotopic (exact) mass is 481 g/mol. The number of rotatable bonds is 5. The maximum absolute atomic E-state index is 5.42. The highest BCUT2D eigenvalue weighted by atomic mass is 14.9. The van der Waals surface area contributed by atoms with E-state index in [1.807, 2.05) is 12.3 Å². The summed E-state index contributed by atoms with van der Waals surface area (Å²) in [6, 6.07) is 27.8. The minimum atomic E-state index is 0.382. The molecule has 3 heteroatoms. The lowest BCUT2D eigenvalue weighted by Gasteiger charge is -2.22. The number of benzene rings is 4. The number of anilines is 2. The molecule has 0 aliphatic heterocycles. The molecule has 0 atom stereocenters. The minimum absolute atomic E-state index is 0.382. The molecule has 182 valence electrons. The van der Waals surface area contributed by atoms with Crippen LogP contribution in [-0.4, -0.2) is 10.7 Å². The van der Waals surface area contributed by atoms with E-state index < -0.39 is 0 Å². The van der Waals surface area contributed by atoms with Gasteiger partial charge in [-0.05, 0) is 58.2 Å². The van der Waals surface area contributed by atoms with Gasteiger partial charge in [0.2, 0.25) is 0 Å². The molecule has 1 aromatic heterocycles. The SMILES string of the molecule is CC(C)c1cccc(C(C)C)c1N=C1C=Cc2cccc3ccc(Nc4cccc5cccnc45)c1c23. The summed E-state index contributed by atoms with van der Waals surface area (Å²) in [5, 5.41) is 7.29. The number of nitrogens with zero attached hydrogens (tertiary/aromatic N) is 2. The smallest absolute Gasteiger partial charge is 0.0936 e. The molecular formula is C34H31N3. The van der Waals surface area contributed by atoms with Crippen LogP contribution in [0.15, 0.2) is 96.1 Å². The molecule has 3 nitrogen and oxygen atoms in total. The molecule has 0 unspecified atom stereocenters. The summed E-state index contributed by atoms with van der Waals surface area (Å²) in [4.78, 5) is 10.1. The Hall–Kier alpha value is -4.24. The van der Waals surface area contributed by atoms with Gasteiger partial charge in [0.05, 0.1) is 22.6 Å². The average Bonchev–Trinajstić information content (AvgIpc) is 2.91. The first kappa shape index (κ1) is 23.2. The predicted octanol–water partition coefficient (Wildman–Crippen LogP) is 9.53. The second-order valence-electron chi connectivity index (χ2n) is 10.4. The number of hydrogen-bond acceptors (Lipinski definition) is 3. The Morgan fingerprint density at radius 2 is 1.38 bits per heavy atom. The molecule has 6 rings (SSSR count). The van der Waals surface area contributed by atoms with Crippen LogP contribution in [0.4, 0.5) is 17.1 Å². The zero-order valence-electron chi connectivity index (χ0n) is 21.8. The Kier molecular flexibility index (Phi) is 5.84. The van der Waals surface area contributed by atoms with Gasteiger partial charge in [-0.1, -0.05) is 94.4 Å². The molecule has 0 amide bonds. The summed E-state index contributed by atoms with van der Waals surface area (Å²) in [6.07, 6.45) is 6.22. The first-order valence-electron chi connectivity index (χ1n) is 13.1. The summed E-state index contributed by atoms with van der Waals surface area (Å²) in [7, 11) is 0. The Balaban J connectivity index is 1.60. The molecule has 0 bridgehead atoms. The zero-order chi connectivity index (χ0) is 25.5. The van der Waals surface area contributed by atoms with Crippen LogP contribution in [-0.2, 0) is 0 Å². The number of pyridine rings is 1. The summed E-state index contributed by atoms with van der Waals surface area (Å²) in [6.45, 7) is 8.99. The fourth-order valence-corrected chi connectivity index (χ4v) is 5.37. The van der Waals surface area contributed by atoms with E-state index >= 15 is 0 Å². The van der Waals surface area contributed by atoms with Crippen molar-refractivity contribution in [1.29, 1.82) is 0 Å². The van der Waals surface area contributed by atoms with E-state index in [9.17, 15) is 0 Å². The number of aromatic nitrogens is 1. The van der Waals surface area contributed by atoms with Crippen molar-refractivity contribution in [1.82, 2.24) is 4.98 Å². The van der Waals surface area contributed by atoms with Crippen molar-refractivity contribution < 1.29 is 0 Å². The van der Waals surface area contributed by atoms with Crippen LogP contribution in [0.1, 0.15) is 61.8 Å². The fraction of sp³-hybridized carbons (Fsp3) is 0.176. The third-order valence-electron chi connectivity index (χ3n) is 7.23. The summed E-state index contributed by atoms with van der Waals surface area (Å²) >= 11 is 0. The van der Waals surface area contributed by atoms with Crippen LogP contribution < -0.4 is 5.32 Å². The molecule has 1 aliphatic carbocycles.